The number of hydrogen-bond acceptors (Lipinski definition) is 6. The summed E-state index contributed by atoms with van der Waals surface area (Å²) in [6.07, 6.45) is 5.32. The van der Waals surface area contributed by atoms with Gasteiger partial charge in [0.1, 0.15) is 11.3 Å². The lowest BCUT2D eigenvalue weighted by Crippen LogP contribution is -2.02. The number of aromatic hydroxyl groups is 1. The molecule has 2 aromatic carbocycles. The zero-order valence-electron chi connectivity index (χ0n) is 18.3. The monoisotopic (exact) mass is 452 g/mol. The molecule has 0 saturated heterocycles. The second-order valence-electron chi connectivity index (χ2n) is 7.53. The molecule has 0 atom stereocenters. The molecule has 0 aliphatic carbocycles. The topological polar surface area (TPSA) is 126 Å². The third-order valence-corrected chi connectivity index (χ3v) is 5.36. The van der Waals surface area contributed by atoms with Gasteiger partial charge in [-0.25, -0.2) is 9.50 Å². The number of nitrogens with zero attached hydrogens (tertiary/aromatic N) is 8. The van der Waals surface area contributed by atoms with Gasteiger partial charge in [-0.15, -0.1) is 5.10 Å². The predicted octanol–water partition coefficient (Wildman–Crippen LogP) is 4.86. The Morgan fingerprint density at radius 2 is 1.94 bits per heavy atom. The van der Waals surface area contributed by atoms with Gasteiger partial charge in [0.15, 0.2) is 5.82 Å². The molecular weight excluding hydrogens is 432 g/mol. The lowest BCUT2D eigenvalue weighted by molar-refractivity contribution is 0.328. The Morgan fingerprint density at radius 3 is 2.71 bits per heavy atom. The van der Waals surface area contributed by atoms with Gasteiger partial charge in [0.25, 0.3) is 0 Å². The summed E-state index contributed by atoms with van der Waals surface area (Å²) >= 11 is 0. The molecule has 1 N–H and O–H groups in total. The fraction of sp³-hybridized carbons (Fsp3) is 0.125. The van der Waals surface area contributed by atoms with Crippen molar-refractivity contribution in [2.75, 3.05) is 13.2 Å². The Bertz CT molecular complexity index is 1520. The molecule has 0 aliphatic heterocycles. The molecule has 3 aromatic heterocycles. The van der Waals surface area contributed by atoms with Gasteiger partial charge >= 0.3 is 0 Å². The van der Waals surface area contributed by atoms with Gasteiger partial charge in [0, 0.05) is 41.7 Å². The van der Waals surface area contributed by atoms with E-state index in [0.717, 1.165) is 22.3 Å². The van der Waals surface area contributed by atoms with Crippen LogP contribution in [0.4, 0.5) is 0 Å². The van der Waals surface area contributed by atoms with Crippen LogP contribution in [0.1, 0.15) is 0 Å². The predicted molar refractivity (Wildman–Crippen MR) is 127 cm³/mol. The molecule has 0 radical (unpaired) electrons. The maximum atomic E-state index is 11.0. The highest BCUT2D eigenvalue weighted by molar-refractivity contribution is 5.96. The Kier molecular flexibility index (Phi) is 5.55. The van der Waals surface area contributed by atoms with Gasteiger partial charge in [0.05, 0.1) is 13.2 Å². The number of rotatable bonds is 7. The first-order chi connectivity index (χ1) is 16.7. The van der Waals surface area contributed by atoms with Gasteiger partial charge in [-0.2, -0.15) is 4.98 Å². The molecule has 3 heterocycles. The molecule has 5 aromatic rings. The van der Waals surface area contributed by atoms with E-state index in [1.165, 1.54) is 0 Å². The van der Waals surface area contributed by atoms with Crippen molar-refractivity contribution in [3.8, 4) is 45.5 Å². The minimum absolute atomic E-state index is 0.139. The van der Waals surface area contributed by atoms with Gasteiger partial charge in [-0.3, -0.25) is 0 Å². The van der Waals surface area contributed by atoms with Crippen molar-refractivity contribution in [2.45, 2.75) is 0 Å². The summed E-state index contributed by atoms with van der Waals surface area (Å²) in [5.41, 5.74) is 12.4. The van der Waals surface area contributed by atoms with Crippen LogP contribution < -0.4 is 4.74 Å². The molecule has 0 spiro atoms. The number of benzene rings is 2. The van der Waals surface area contributed by atoms with Crippen LogP contribution in [0.25, 0.3) is 49.9 Å². The minimum atomic E-state index is -0.139. The molecule has 0 unspecified atom stereocenters. The van der Waals surface area contributed by atoms with E-state index in [4.69, 9.17) is 10.3 Å². The normalized spacial score (nSPS) is 10.9. The van der Waals surface area contributed by atoms with Crippen LogP contribution in [0.15, 0.2) is 78.3 Å². The number of imidazole rings is 1. The zero-order valence-corrected chi connectivity index (χ0v) is 18.3. The first-order valence-electron chi connectivity index (χ1n) is 10.6. The SMILES string of the molecule is Cn1ccnc1-c1nc(O)c2c(-c3ccccc3)c(-c3cccc(OCCN=[N+]=[N-])c3)cn2n1. The van der Waals surface area contributed by atoms with E-state index in [0.29, 0.717) is 22.9 Å². The van der Waals surface area contributed by atoms with Crippen molar-refractivity contribution in [2.24, 2.45) is 12.2 Å². The van der Waals surface area contributed by atoms with Crippen LogP contribution in [0.3, 0.4) is 0 Å². The molecule has 0 saturated carbocycles. The molecule has 168 valence electrons. The first kappa shape index (κ1) is 21.0. The third-order valence-electron chi connectivity index (χ3n) is 5.36. The molecule has 10 nitrogen and oxygen atoms in total. The lowest BCUT2D eigenvalue weighted by Gasteiger charge is -2.09. The quantitative estimate of drug-likeness (QED) is 0.163. The van der Waals surface area contributed by atoms with Crippen molar-refractivity contribution in [3.05, 3.63) is 83.6 Å². The fourth-order valence-electron chi connectivity index (χ4n) is 3.86. The summed E-state index contributed by atoms with van der Waals surface area (Å²) in [6, 6.07) is 17.4. The van der Waals surface area contributed by atoms with Crippen LogP contribution in [-0.2, 0) is 7.05 Å². The van der Waals surface area contributed by atoms with Crippen LogP contribution in [0, 0.1) is 0 Å². The second-order valence-corrected chi connectivity index (χ2v) is 7.53. The van der Waals surface area contributed by atoms with E-state index < -0.39 is 0 Å². The smallest absolute Gasteiger partial charge is 0.240 e. The number of ether oxygens (including phenoxy) is 1. The Hall–Kier alpha value is -4.82. The van der Waals surface area contributed by atoms with Gasteiger partial charge < -0.3 is 14.4 Å². The van der Waals surface area contributed by atoms with Crippen molar-refractivity contribution < 1.29 is 9.84 Å². The fourth-order valence-corrected chi connectivity index (χ4v) is 3.86. The summed E-state index contributed by atoms with van der Waals surface area (Å²) in [7, 11) is 1.84. The summed E-state index contributed by atoms with van der Waals surface area (Å²) in [5, 5.41) is 19.1. The molecular formula is C24H20N8O2. The Balaban J connectivity index is 1.68. The minimum Gasteiger partial charge on any atom is -0.493 e. The van der Waals surface area contributed by atoms with Gasteiger partial charge in [-0.1, -0.05) is 47.6 Å². The molecule has 0 aliphatic rings. The molecule has 0 bridgehead atoms. The van der Waals surface area contributed by atoms with Crippen molar-refractivity contribution >= 4 is 5.52 Å². The zero-order chi connectivity index (χ0) is 23.5. The van der Waals surface area contributed by atoms with Crippen LogP contribution >= 0.6 is 0 Å². The largest absolute Gasteiger partial charge is 0.493 e. The van der Waals surface area contributed by atoms with Crippen LogP contribution in [0.2, 0.25) is 0 Å². The standard InChI is InChI=1S/C24H20N8O2/c1-31-12-10-26-23(31)22-28-24(33)21-20(16-6-3-2-4-7-16)19(15-32(21)29-22)17-8-5-9-18(14-17)34-13-11-27-30-25/h2-10,12,14-15H,11,13H2,1H3,(H,28,29,33). The van der Waals surface area contributed by atoms with Crippen LogP contribution in [-0.4, -0.2) is 42.4 Å². The molecule has 0 fully saturated rings. The van der Waals surface area contributed by atoms with Crippen molar-refractivity contribution in [1.29, 1.82) is 0 Å². The average Bonchev–Trinajstić information content (AvgIpc) is 3.46. The van der Waals surface area contributed by atoms with E-state index in [-0.39, 0.29) is 19.0 Å². The van der Waals surface area contributed by atoms with E-state index in [1.807, 2.05) is 67.8 Å². The van der Waals surface area contributed by atoms with Crippen molar-refractivity contribution in [3.63, 3.8) is 0 Å². The van der Waals surface area contributed by atoms with E-state index in [1.54, 1.807) is 21.5 Å². The highest BCUT2D eigenvalue weighted by atomic mass is 16.5. The molecule has 5 rings (SSSR count). The summed E-state index contributed by atoms with van der Waals surface area (Å²) in [4.78, 5) is 11.4. The van der Waals surface area contributed by atoms with Gasteiger partial charge in [0.2, 0.25) is 11.7 Å². The lowest BCUT2D eigenvalue weighted by atomic mass is 9.97. The number of azide groups is 1. The number of hydrogen-bond donors (Lipinski definition) is 1. The van der Waals surface area contributed by atoms with E-state index >= 15 is 0 Å². The number of aromatic nitrogens is 5. The van der Waals surface area contributed by atoms with Gasteiger partial charge in [-0.05, 0) is 28.8 Å². The highest BCUT2D eigenvalue weighted by Crippen LogP contribution is 2.40. The van der Waals surface area contributed by atoms with Crippen molar-refractivity contribution in [1.82, 2.24) is 24.1 Å². The Morgan fingerprint density at radius 1 is 1.12 bits per heavy atom. The highest BCUT2D eigenvalue weighted by Gasteiger charge is 2.21. The summed E-state index contributed by atoms with van der Waals surface area (Å²) in [5.74, 6) is 1.36. The third kappa shape index (κ3) is 3.89. The molecule has 0 amide bonds. The maximum Gasteiger partial charge on any atom is 0.240 e. The summed E-state index contributed by atoms with van der Waals surface area (Å²) in [6.45, 7) is 0.515. The second kappa shape index (κ2) is 8.97. The molecule has 10 heteroatoms. The number of aryl methyl sites for hydroxylation is 1. The van der Waals surface area contributed by atoms with E-state index in [9.17, 15) is 5.11 Å². The average molecular weight is 452 g/mol. The first-order valence-corrected chi connectivity index (χ1v) is 10.6. The summed E-state index contributed by atoms with van der Waals surface area (Å²) < 4.78 is 9.16. The maximum absolute atomic E-state index is 11.0. The molecule has 34 heavy (non-hydrogen) atoms. The number of fused-ring (bicyclic) bond motifs is 1. The van der Waals surface area contributed by atoms with E-state index in [2.05, 4.69) is 25.1 Å². The Labute approximate surface area is 194 Å². The van der Waals surface area contributed by atoms with Crippen LogP contribution in [0.5, 0.6) is 11.6 Å².